The van der Waals surface area contributed by atoms with E-state index in [0.29, 0.717) is 15.4 Å². The van der Waals surface area contributed by atoms with Crippen molar-refractivity contribution >= 4 is 31.9 Å². The Labute approximate surface area is 105 Å². The third-order valence-electron chi connectivity index (χ3n) is 2.12. The SMILES string of the molecule is C[C@H](CO)Cc1cc(O)c(O)c(Br)c1Br. The van der Waals surface area contributed by atoms with Crippen molar-refractivity contribution in [3.05, 3.63) is 20.6 Å². The van der Waals surface area contributed by atoms with E-state index in [2.05, 4.69) is 31.9 Å². The van der Waals surface area contributed by atoms with Gasteiger partial charge in [0.05, 0.1) is 4.47 Å². The Morgan fingerprint density at radius 1 is 1.27 bits per heavy atom. The maximum Gasteiger partial charge on any atom is 0.173 e. The largest absolute Gasteiger partial charge is 0.504 e. The van der Waals surface area contributed by atoms with E-state index in [1.54, 1.807) is 0 Å². The molecule has 15 heavy (non-hydrogen) atoms. The van der Waals surface area contributed by atoms with Gasteiger partial charge in [-0.25, -0.2) is 0 Å². The summed E-state index contributed by atoms with van der Waals surface area (Å²) in [5, 5.41) is 27.8. The van der Waals surface area contributed by atoms with E-state index in [0.717, 1.165) is 5.56 Å². The lowest BCUT2D eigenvalue weighted by molar-refractivity contribution is 0.237. The Hall–Kier alpha value is -0.260. The van der Waals surface area contributed by atoms with E-state index in [-0.39, 0.29) is 24.0 Å². The van der Waals surface area contributed by atoms with Crippen LogP contribution in [-0.4, -0.2) is 21.9 Å². The van der Waals surface area contributed by atoms with Crippen LogP contribution >= 0.6 is 31.9 Å². The molecule has 3 nitrogen and oxygen atoms in total. The van der Waals surface area contributed by atoms with Crippen LogP contribution in [0.25, 0.3) is 0 Å². The quantitative estimate of drug-likeness (QED) is 0.742. The fourth-order valence-corrected chi connectivity index (χ4v) is 2.16. The summed E-state index contributed by atoms with van der Waals surface area (Å²) in [6.45, 7) is 2.00. The standard InChI is InChI=1S/C10H12Br2O3/c1-5(4-13)2-6-3-7(14)10(15)9(12)8(6)11/h3,5,13-15H,2,4H2,1H3/t5-/m0/s1. The normalized spacial score (nSPS) is 12.8. The third-order valence-corrected chi connectivity index (χ3v) is 4.33. The van der Waals surface area contributed by atoms with E-state index in [4.69, 9.17) is 5.11 Å². The van der Waals surface area contributed by atoms with Gasteiger partial charge >= 0.3 is 0 Å². The van der Waals surface area contributed by atoms with Crippen LogP contribution in [0.1, 0.15) is 12.5 Å². The molecule has 1 aromatic carbocycles. The van der Waals surface area contributed by atoms with E-state index < -0.39 is 0 Å². The second-order valence-electron chi connectivity index (χ2n) is 3.52. The maximum atomic E-state index is 9.43. The average Bonchev–Trinajstić information content (AvgIpc) is 2.22. The number of phenols is 2. The molecular formula is C10H12Br2O3. The summed E-state index contributed by atoms with van der Waals surface area (Å²) in [6, 6.07) is 1.50. The van der Waals surface area contributed by atoms with E-state index >= 15 is 0 Å². The highest BCUT2D eigenvalue weighted by atomic mass is 79.9. The van der Waals surface area contributed by atoms with Crippen molar-refractivity contribution in [1.82, 2.24) is 0 Å². The number of rotatable bonds is 3. The van der Waals surface area contributed by atoms with Crippen molar-refractivity contribution in [2.24, 2.45) is 5.92 Å². The van der Waals surface area contributed by atoms with Crippen molar-refractivity contribution < 1.29 is 15.3 Å². The highest BCUT2D eigenvalue weighted by Gasteiger charge is 2.15. The van der Waals surface area contributed by atoms with Crippen LogP contribution in [-0.2, 0) is 6.42 Å². The van der Waals surface area contributed by atoms with Crippen LogP contribution in [0.15, 0.2) is 15.0 Å². The lowest BCUT2D eigenvalue weighted by atomic mass is 10.0. The number of phenolic OH excluding ortho intramolecular Hbond substituents is 2. The summed E-state index contributed by atoms with van der Waals surface area (Å²) in [7, 11) is 0. The maximum absolute atomic E-state index is 9.43. The fraction of sp³-hybridized carbons (Fsp3) is 0.400. The second-order valence-corrected chi connectivity index (χ2v) is 5.11. The zero-order chi connectivity index (χ0) is 11.6. The summed E-state index contributed by atoms with van der Waals surface area (Å²) in [6.07, 6.45) is 0.628. The summed E-state index contributed by atoms with van der Waals surface area (Å²) in [5.41, 5.74) is 0.846. The molecule has 5 heteroatoms. The third kappa shape index (κ3) is 2.86. The molecule has 1 aromatic rings. The number of aliphatic hydroxyl groups is 1. The topological polar surface area (TPSA) is 60.7 Å². The molecule has 0 saturated carbocycles. The Morgan fingerprint density at radius 2 is 1.87 bits per heavy atom. The summed E-state index contributed by atoms with van der Waals surface area (Å²) < 4.78 is 1.14. The van der Waals surface area contributed by atoms with Gasteiger partial charge in [-0.1, -0.05) is 6.92 Å². The van der Waals surface area contributed by atoms with Crippen molar-refractivity contribution in [1.29, 1.82) is 0 Å². The van der Waals surface area contributed by atoms with Crippen LogP contribution in [0.3, 0.4) is 0 Å². The zero-order valence-electron chi connectivity index (χ0n) is 8.17. The van der Waals surface area contributed by atoms with Gasteiger partial charge < -0.3 is 15.3 Å². The van der Waals surface area contributed by atoms with Gasteiger partial charge in [0.15, 0.2) is 11.5 Å². The first-order valence-electron chi connectivity index (χ1n) is 4.47. The van der Waals surface area contributed by atoms with Crippen LogP contribution in [0, 0.1) is 5.92 Å². The molecule has 0 spiro atoms. The van der Waals surface area contributed by atoms with Gasteiger partial charge in [0.25, 0.3) is 0 Å². The molecule has 0 amide bonds. The minimum atomic E-state index is -0.178. The van der Waals surface area contributed by atoms with E-state index in [9.17, 15) is 10.2 Å². The van der Waals surface area contributed by atoms with Gasteiger partial charge in [-0.3, -0.25) is 0 Å². The summed E-state index contributed by atoms with van der Waals surface area (Å²) in [5.74, 6) is -0.232. The Bertz CT molecular complexity index is 366. The Kier molecular flexibility index (Phi) is 4.43. The fourth-order valence-electron chi connectivity index (χ4n) is 1.24. The van der Waals surface area contributed by atoms with Gasteiger partial charge in [0, 0.05) is 11.1 Å². The van der Waals surface area contributed by atoms with Crippen molar-refractivity contribution in [2.45, 2.75) is 13.3 Å². The molecular weight excluding hydrogens is 328 g/mol. The lowest BCUT2D eigenvalue weighted by Crippen LogP contribution is -2.05. The second kappa shape index (κ2) is 5.18. The molecule has 0 aliphatic rings. The van der Waals surface area contributed by atoms with Gasteiger partial charge in [-0.2, -0.15) is 0 Å². The Balaban J connectivity index is 3.09. The van der Waals surface area contributed by atoms with Crippen molar-refractivity contribution in [2.75, 3.05) is 6.61 Å². The monoisotopic (exact) mass is 338 g/mol. The number of halogens is 2. The number of hydrogen-bond donors (Lipinski definition) is 3. The molecule has 0 bridgehead atoms. The van der Waals surface area contributed by atoms with Crippen LogP contribution < -0.4 is 0 Å². The molecule has 0 saturated heterocycles. The molecule has 3 N–H and O–H groups in total. The molecule has 0 aliphatic carbocycles. The number of aromatic hydroxyl groups is 2. The van der Waals surface area contributed by atoms with Crippen molar-refractivity contribution in [3.63, 3.8) is 0 Å². The van der Waals surface area contributed by atoms with Crippen LogP contribution in [0.5, 0.6) is 11.5 Å². The number of hydrogen-bond acceptors (Lipinski definition) is 3. The summed E-state index contributed by atoms with van der Waals surface area (Å²) >= 11 is 6.50. The number of aliphatic hydroxyl groups excluding tert-OH is 1. The lowest BCUT2D eigenvalue weighted by Gasteiger charge is -2.12. The molecule has 1 rings (SSSR count). The molecule has 0 aliphatic heterocycles. The first kappa shape index (κ1) is 12.8. The smallest absolute Gasteiger partial charge is 0.173 e. The summed E-state index contributed by atoms with van der Waals surface area (Å²) in [4.78, 5) is 0. The first-order chi connectivity index (χ1) is 6.97. The van der Waals surface area contributed by atoms with Gasteiger partial charge in [0.2, 0.25) is 0 Å². The Morgan fingerprint density at radius 3 is 2.40 bits per heavy atom. The van der Waals surface area contributed by atoms with Crippen LogP contribution in [0.2, 0.25) is 0 Å². The zero-order valence-corrected chi connectivity index (χ0v) is 11.3. The predicted molar refractivity (Wildman–Crippen MR) is 65.1 cm³/mol. The van der Waals surface area contributed by atoms with Gasteiger partial charge in [-0.15, -0.1) is 0 Å². The highest BCUT2D eigenvalue weighted by Crippen LogP contribution is 2.41. The number of benzene rings is 1. The van der Waals surface area contributed by atoms with E-state index in [1.807, 2.05) is 6.92 Å². The highest BCUT2D eigenvalue weighted by molar-refractivity contribution is 9.13. The van der Waals surface area contributed by atoms with E-state index in [1.165, 1.54) is 6.07 Å². The predicted octanol–water partition coefficient (Wildman–Crippen LogP) is 2.79. The van der Waals surface area contributed by atoms with Gasteiger partial charge in [0.1, 0.15) is 0 Å². The minimum Gasteiger partial charge on any atom is -0.504 e. The molecule has 0 radical (unpaired) electrons. The van der Waals surface area contributed by atoms with Crippen molar-refractivity contribution in [3.8, 4) is 11.5 Å². The van der Waals surface area contributed by atoms with Crippen LogP contribution in [0.4, 0.5) is 0 Å². The molecule has 0 fully saturated rings. The molecule has 0 heterocycles. The molecule has 1 atom stereocenters. The first-order valence-corrected chi connectivity index (χ1v) is 6.05. The molecule has 84 valence electrons. The average molecular weight is 340 g/mol. The molecule has 0 unspecified atom stereocenters. The molecule has 0 aromatic heterocycles. The van der Waals surface area contributed by atoms with Gasteiger partial charge in [-0.05, 0) is 55.8 Å². The minimum absolute atomic E-state index is 0.0890.